The summed E-state index contributed by atoms with van der Waals surface area (Å²) in [5.74, 6) is -0.298. The molecule has 200 valence electrons. The number of rotatable bonds is 6. The van der Waals surface area contributed by atoms with Crippen molar-refractivity contribution >= 4 is 22.6 Å². The van der Waals surface area contributed by atoms with Crippen LogP contribution in [0.5, 0.6) is 0 Å². The molecule has 0 bridgehead atoms. The van der Waals surface area contributed by atoms with Crippen LogP contribution >= 0.6 is 0 Å². The van der Waals surface area contributed by atoms with E-state index >= 15 is 0 Å². The highest BCUT2D eigenvalue weighted by Gasteiger charge is 2.29. The van der Waals surface area contributed by atoms with E-state index in [1.807, 2.05) is 36.3 Å². The van der Waals surface area contributed by atoms with Crippen molar-refractivity contribution in [3.8, 4) is 11.1 Å². The van der Waals surface area contributed by atoms with Crippen LogP contribution in [0.3, 0.4) is 0 Å². The molecule has 0 radical (unpaired) electrons. The number of carbonyl (C=O) groups is 1. The first-order chi connectivity index (χ1) is 18.2. The van der Waals surface area contributed by atoms with Crippen molar-refractivity contribution in [1.29, 1.82) is 0 Å². The Hall–Kier alpha value is -3.59. The molecule has 1 fully saturated rings. The summed E-state index contributed by atoms with van der Waals surface area (Å²) in [7, 11) is 0. The third-order valence-electron chi connectivity index (χ3n) is 6.90. The third-order valence-corrected chi connectivity index (χ3v) is 6.90. The van der Waals surface area contributed by atoms with E-state index in [1.165, 1.54) is 12.1 Å². The number of hydrogen-bond donors (Lipinski definition) is 1. The van der Waals surface area contributed by atoms with Gasteiger partial charge in [0.2, 0.25) is 0 Å². The van der Waals surface area contributed by atoms with Crippen molar-refractivity contribution in [2.75, 3.05) is 19.6 Å². The molecule has 4 heterocycles. The van der Waals surface area contributed by atoms with E-state index < -0.39 is 5.60 Å². The highest BCUT2D eigenvalue weighted by atomic mass is 19.1. The second-order valence-corrected chi connectivity index (χ2v) is 10.9. The minimum atomic E-state index is -0.557. The van der Waals surface area contributed by atoms with Crippen molar-refractivity contribution in [3.05, 3.63) is 59.9 Å². The Kier molecular flexibility index (Phi) is 7.29. The number of pyridine rings is 1. The molecule has 0 unspecified atom stereocenters. The van der Waals surface area contributed by atoms with Crippen LogP contribution in [-0.4, -0.2) is 61.9 Å². The van der Waals surface area contributed by atoms with Gasteiger partial charge in [0.1, 0.15) is 11.4 Å². The SMILES string of the molecule is CCc1cc(CCN(C(=O)OC(C)(C)C)C2CCNCC2)nc2c(-c3cnc4ccc(F)cc4c3)cnn12. The lowest BCUT2D eigenvalue weighted by molar-refractivity contribution is 0.0131. The minimum Gasteiger partial charge on any atom is -0.444 e. The molecule has 0 aliphatic carbocycles. The van der Waals surface area contributed by atoms with Crippen LogP contribution in [0.2, 0.25) is 0 Å². The Morgan fingerprint density at radius 3 is 2.71 bits per heavy atom. The van der Waals surface area contributed by atoms with Gasteiger partial charge in [0.25, 0.3) is 0 Å². The Morgan fingerprint density at radius 1 is 1.18 bits per heavy atom. The van der Waals surface area contributed by atoms with Gasteiger partial charge in [-0.2, -0.15) is 5.10 Å². The topological polar surface area (TPSA) is 84.6 Å². The van der Waals surface area contributed by atoms with Crippen molar-refractivity contribution in [2.24, 2.45) is 0 Å². The van der Waals surface area contributed by atoms with Gasteiger partial charge in [-0.25, -0.2) is 18.7 Å². The van der Waals surface area contributed by atoms with Gasteiger partial charge in [-0.05, 0) is 83.5 Å². The zero-order valence-corrected chi connectivity index (χ0v) is 22.5. The average molecular weight is 519 g/mol. The predicted molar refractivity (Wildman–Crippen MR) is 146 cm³/mol. The van der Waals surface area contributed by atoms with Gasteiger partial charge in [0.05, 0.1) is 11.7 Å². The molecule has 8 nitrogen and oxygen atoms in total. The van der Waals surface area contributed by atoms with Crippen LogP contribution in [0.15, 0.2) is 42.7 Å². The Labute approximate surface area is 222 Å². The number of benzene rings is 1. The standard InChI is InChI=1S/C29H35FN6O2/c1-5-23-16-22(10-13-35(24-8-11-31-12-9-24)28(37)38-29(2,3)4)34-27-25(18-33-36(23)27)20-14-19-15-21(30)6-7-26(19)32-17-20/h6-7,14-18,24,31H,5,8-13H2,1-4H3. The van der Waals surface area contributed by atoms with Crippen LogP contribution in [-0.2, 0) is 17.6 Å². The first-order valence-corrected chi connectivity index (χ1v) is 13.3. The van der Waals surface area contributed by atoms with Crippen LogP contribution < -0.4 is 5.32 Å². The summed E-state index contributed by atoms with van der Waals surface area (Å²) >= 11 is 0. The lowest BCUT2D eigenvalue weighted by Gasteiger charge is -2.35. The summed E-state index contributed by atoms with van der Waals surface area (Å²) < 4.78 is 21.5. The third kappa shape index (κ3) is 5.62. The fourth-order valence-electron chi connectivity index (χ4n) is 5.01. The number of halogens is 1. The molecule has 38 heavy (non-hydrogen) atoms. The summed E-state index contributed by atoms with van der Waals surface area (Å²) in [5.41, 5.74) is 4.48. The number of aryl methyl sites for hydroxylation is 1. The molecule has 1 amide bonds. The lowest BCUT2D eigenvalue weighted by atomic mass is 10.0. The van der Waals surface area contributed by atoms with Gasteiger partial charge in [-0.3, -0.25) is 4.98 Å². The number of carbonyl (C=O) groups excluding carboxylic acids is 1. The highest BCUT2D eigenvalue weighted by molar-refractivity contribution is 5.86. The average Bonchev–Trinajstić information content (AvgIpc) is 3.31. The number of aromatic nitrogens is 4. The van der Waals surface area contributed by atoms with Crippen LogP contribution in [0.25, 0.3) is 27.7 Å². The maximum absolute atomic E-state index is 13.9. The normalized spacial score (nSPS) is 14.8. The lowest BCUT2D eigenvalue weighted by Crippen LogP contribution is -2.48. The minimum absolute atomic E-state index is 0.134. The molecular weight excluding hydrogens is 483 g/mol. The van der Waals surface area contributed by atoms with E-state index in [1.54, 1.807) is 18.5 Å². The van der Waals surface area contributed by atoms with Crippen LogP contribution in [0.1, 0.15) is 51.9 Å². The molecule has 1 N–H and O–H groups in total. The second kappa shape index (κ2) is 10.6. The van der Waals surface area contributed by atoms with Crippen molar-refractivity contribution in [2.45, 2.75) is 65.0 Å². The first kappa shape index (κ1) is 26.0. The number of hydrogen-bond acceptors (Lipinski definition) is 6. The first-order valence-electron chi connectivity index (χ1n) is 13.3. The number of nitrogens with zero attached hydrogens (tertiary/aromatic N) is 5. The summed E-state index contributed by atoms with van der Waals surface area (Å²) in [6.07, 6.45) is 6.45. The quantitative estimate of drug-likeness (QED) is 0.379. The van der Waals surface area contributed by atoms with E-state index in [2.05, 4.69) is 28.4 Å². The van der Waals surface area contributed by atoms with E-state index in [-0.39, 0.29) is 18.0 Å². The molecule has 1 aliphatic rings. The molecule has 1 aromatic carbocycles. The summed E-state index contributed by atoms with van der Waals surface area (Å²) in [6, 6.07) is 8.69. The molecule has 5 rings (SSSR count). The Bertz CT molecular complexity index is 1460. The molecule has 4 aromatic rings. The largest absolute Gasteiger partial charge is 0.444 e. The molecule has 0 saturated carbocycles. The van der Waals surface area contributed by atoms with Crippen LogP contribution in [0.4, 0.5) is 9.18 Å². The van der Waals surface area contributed by atoms with E-state index in [0.717, 1.165) is 71.4 Å². The maximum atomic E-state index is 13.9. The molecular formula is C29H35FN6O2. The fraction of sp³-hybridized carbons (Fsp3) is 0.448. The van der Waals surface area contributed by atoms with E-state index in [4.69, 9.17) is 9.72 Å². The molecule has 9 heteroatoms. The number of ether oxygens (including phenoxy) is 1. The maximum Gasteiger partial charge on any atom is 0.410 e. The fourth-order valence-corrected chi connectivity index (χ4v) is 5.01. The second-order valence-electron chi connectivity index (χ2n) is 10.9. The van der Waals surface area contributed by atoms with Crippen molar-refractivity contribution in [3.63, 3.8) is 0 Å². The zero-order chi connectivity index (χ0) is 26.9. The predicted octanol–water partition coefficient (Wildman–Crippen LogP) is 5.18. The van der Waals surface area contributed by atoms with E-state index in [9.17, 15) is 9.18 Å². The molecule has 0 spiro atoms. The monoisotopic (exact) mass is 518 g/mol. The Balaban J connectivity index is 1.46. The summed E-state index contributed by atoms with van der Waals surface area (Å²) in [4.78, 5) is 24.5. The molecule has 3 aromatic heterocycles. The van der Waals surface area contributed by atoms with Crippen LogP contribution in [0, 0.1) is 5.82 Å². The van der Waals surface area contributed by atoms with Crippen molar-refractivity contribution in [1.82, 2.24) is 29.8 Å². The smallest absolute Gasteiger partial charge is 0.410 e. The molecule has 1 aliphatic heterocycles. The van der Waals surface area contributed by atoms with E-state index in [0.29, 0.717) is 13.0 Å². The Morgan fingerprint density at radius 2 is 1.97 bits per heavy atom. The molecule has 1 saturated heterocycles. The number of piperidine rings is 1. The number of fused-ring (bicyclic) bond motifs is 2. The van der Waals surface area contributed by atoms with Gasteiger partial charge in [0.15, 0.2) is 5.65 Å². The summed E-state index contributed by atoms with van der Waals surface area (Å²) in [5, 5.41) is 8.70. The van der Waals surface area contributed by atoms with Gasteiger partial charge in [-0.15, -0.1) is 0 Å². The van der Waals surface area contributed by atoms with Gasteiger partial charge >= 0.3 is 6.09 Å². The zero-order valence-electron chi connectivity index (χ0n) is 22.5. The van der Waals surface area contributed by atoms with Gasteiger partial charge in [-0.1, -0.05) is 6.92 Å². The van der Waals surface area contributed by atoms with Crippen molar-refractivity contribution < 1.29 is 13.9 Å². The highest BCUT2D eigenvalue weighted by Crippen LogP contribution is 2.27. The van der Waals surface area contributed by atoms with Gasteiger partial charge in [0, 0.05) is 53.1 Å². The summed E-state index contributed by atoms with van der Waals surface area (Å²) in [6.45, 7) is 10.1. The van der Waals surface area contributed by atoms with Gasteiger partial charge < -0.3 is 15.0 Å². The number of amides is 1. The number of nitrogens with one attached hydrogen (secondary N) is 1. The molecule has 0 atom stereocenters.